The van der Waals surface area contributed by atoms with Crippen LogP contribution in [-0.2, 0) is 11.1 Å². The predicted octanol–water partition coefficient (Wildman–Crippen LogP) is 4.48. The summed E-state index contributed by atoms with van der Waals surface area (Å²) < 4.78 is 58.1. The number of likely N-dealkylation sites (tertiary alicyclic amines) is 1. The number of hydrogen-bond donors (Lipinski definition) is 1. The number of pyridine rings is 2. The van der Waals surface area contributed by atoms with E-state index in [1.54, 1.807) is 30.9 Å². The van der Waals surface area contributed by atoms with Gasteiger partial charge in [0.25, 0.3) is 0 Å². The van der Waals surface area contributed by atoms with Gasteiger partial charge < -0.3 is 15.0 Å². The minimum absolute atomic E-state index is 0.0379. The average molecular weight is 519 g/mol. The number of ether oxygens (including phenoxy) is 1. The molecular formula is C25H26F4N6O2. The largest absolute Gasteiger partial charge is 0.504 e. The van der Waals surface area contributed by atoms with Crippen LogP contribution in [0.3, 0.4) is 0 Å². The lowest BCUT2D eigenvalue weighted by atomic mass is 10.00. The van der Waals surface area contributed by atoms with Crippen molar-refractivity contribution in [2.75, 3.05) is 25.5 Å². The van der Waals surface area contributed by atoms with Gasteiger partial charge >= 0.3 is 6.30 Å². The zero-order chi connectivity index (χ0) is 26.5. The quantitative estimate of drug-likeness (QED) is 0.485. The van der Waals surface area contributed by atoms with Crippen molar-refractivity contribution in [2.24, 2.45) is 5.41 Å². The molecule has 0 aromatic carbocycles. The number of hydrogen-bond acceptors (Lipinski definition) is 6. The molecule has 196 valence electrons. The normalized spacial score (nSPS) is 19.2. The summed E-state index contributed by atoms with van der Waals surface area (Å²) in [6, 6.07) is 4.83. The van der Waals surface area contributed by atoms with Gasteiger partial charge in [0, 0.05) is 53.2 Å². The number of rotatable bonds is 6. The van der Waals surface area contributed by atoms with Crippen LogP contribution in [0.15, 0.2) is 36.8 Å². The van der Waals surface area contributed by atoms with Crippen molar-refractivity contribution >= 4 is 11.7 Å². The van der Waals surface area contributed by atoms with Gasteiger partial charge in [0.15, 0.2) is 0 Å². The van der Waals surface area contributed by atoms with Crippen molar-refractivity contribution in [3.8, 4) is 17.0 Å². The number of amides is 1. The molecule has 3 aromatic heterocycles. The summed E-state index contributed by atoms with van der Waals surface area (Å²) in [6.45, 7) is 4.40. The highest BCUT2D eigenvalue weighted by atomic mass is 19.4. The van der Waals surface area contributed by atoms with Crippen LogP contribution in [0.25, 0.3) is 11.1 Å². The van der Waals surface area contributed by atoms with Crippen molar-refractivity contribution in [3.63, 3.8) is 0 Å². The molecule has 12 heteroatoms. The summed E-state index contributed by atoms with van der Waals surface area (Å²) in [5.74, 6) is -0.621. The van der Waals surface area contributed by atoms with Crippen LogP contribution in [-0.4, -0.2) is 56.8 Å². The Bertz CT molecular complexity index is 1340. The molecule has 1 amide bonds. The van der Waals surface area contributed by atoms with E-state index in [9.17, 15) is 22.4 Å². The lowest BCUT2D eigenvalue weighted by molar-refractivity contribution is -0.212. The third kappa shape index (κ3) is 4.72. The average Bonchev–Trinajstić information content (AvgIpc) is 3.29. The first kappa shape index (κ1) is 25.0. The summed E-state index contributed by atoms with van der Waals surface area (Å²) in [5.41, 5.74) is 1.58. The van der Waals surface area contributed by atoms with E-state index >= 15 is 0 Å². The van der Waals surface area contributed by atoms with E-state index in [1.165, 1.54) is 13.2 Å². The molecule has 1 N–H and O–H groups in total. The maximum atomic E-state index is 14.4. The molecule has 2 aliphatic rings. The molecule has 1 saturated heterocycles. The Morgan fingerprint density at radius 2 is 2.03 bits per heavy atom. The van der Waals surface area contributed by atoms with Crippen molar-refractivity contribution in [2.45, 2.75) is 44.9 Å². The first-order chi connectivity index (χ1) is 17.5. The van der Waals surface area contributed by atoms with Gasteiger partial charge in [0.2, 0.25) is 11.8 Å². The topological polar surface area (TPSA) is 85.2 Å². The van der Waals surface area contributed by atoms with Gasteiger partial charge in [0.1, 0.15) is 11.6 Å². The first-order valence-electron chi connectivity index (χ1n) is 11.9. The molecule has 4 heterocycles. The Morgan fingerprint density at radius 1 is 1.27 bits per heavy atom. The number of nitrogens with zero attached hydrogens (tertiary/aromatic N) is 5. The fourth-order valence-corrected chi connectivity index (χ4v) is 5.01. The summed E-state index contributed by atoms with van der Waals surface area (Å²) in [6.07, 6.45) is 0.465. The van der Waals surface area contributed by atoms with Gasteiger partial charge in [0.05, 0.1) is 31.5 Å². The standard InChI is InChI=1S/C25H26F4N6O2/c1-14(18-8-22(37-3)30-10-19(18)26)23(36)34-12-20(24(13-34)6-7-24)33-21-5-4-17(15(2)32-21)16-9-31-35(11-16)25(27,28)29/h4-5,8-11,14,20H,6-7,12-13H2,1-3H3,(H,32,33)/t14-,20-/m1/s1. The van der Waals surface area contributed by atoms with Gasteiger partial charge in [-0.3, -0.25) is 4.79 Å². The molecule has 5 rings (SSSR count). The Labute approximate surface area is 210 Å². The molecule has 0 bridgehead atoms. The van der Waals surface area contributed by atoms with E-state index in [-0.39, 0.29) is 33.5 Å². The van der Waals surface area contributed by atoms with E-state index in [0.717, 1.165) is 31.4 Å². The smallest absolute Gasteiger partial charge is 0.481 e. The third-order valence-electron chi connectivity index (χ3n) is 7.32. The SMILES string of the molecule is COc1cc([C@@H](C)C(=O)N2C[C@@H](Nc3ccc(-c4cnn(C(F)(F)F)c4)c(C)n3)C3(CC3)C2)c(F)cn1. The van der Waals surface area contributed by atoms with E-state index in [2.05, 4.69) is 20.4 Å². The lowest BCUT2D eigenvalue weighted by Crippen LogP contribution is -2.34. The van der Waals surface area contributed by atoms with Gasteiger partial charge in [-0.05, 0) is 38.8 Å². The molecular weight excluding hydrogens is 492 g/mol. The summed E-state index contributed by atoms with van der Waals surface area (Å²) in [7, 11) is 1.43. The number of alkyl halides is 3. The van der Waals surface area contributed by atoms with Crippen molar-refractivity contribution < 1.29 is 27.1 Å². The number of nitrogens with one attached hydrogen (secondary N) is 1. The van der Waals surface area contributed by atoms with Crippen LogP contribution in [0, 0.1) is 18.2 Å². The molecule has 0 radical (unpaired) electrons. The third-order valence-corrected chi connectivity index (χ3v) is 7.32. The minimum atomic E-state index is -4.59. The van der Waals surface area contributed by atoms with Gasteiger partial charge in [-0.25, -0.2) is 14.4 Å². The maximum absolute atomic E-state index is 14.4. The molecule has 1 spiro atoms. The lowest BCUT2D eigenvalue weighted by Gasteiger charge is -2.22. The summed E-state index contributed by atoms with van der Waals surface area (Å²) in [5, 5.41) is 6.82. The van der Waals surface area contributed by atoms with Crippen LogP contribution in [0.2, 0.25) is 0 Å². The predicted molar refractivity (Wildman–Crippen MR) is 126 cm³/mol. The van der Waals surface area contributed by atoms with Crippen LogP contribution in [0.1, 0.15) is 36.9 Å². The Morgan fingerprint density at radius 3 is 2.65 bits per heavy atom. The molecule has 8 nitrogen and oxygen atoms in total. The zero-order valence-corrected chi connectivity index (χ0v) is 20.5. The van der Waals surface area contributed by atoms with E-state index in [0.29, 0.717) is 35.7 Å². The van der Waals surface area contributed by atoms with E-state index in [4.69, 9.17) is 4.74 Å². The first-order valence-corrected chi connectivity index (χ1v) is 11.9. The van der Waals surface area contributed by atoms with Gasteiger partial charge in [-0.2, -0.15) is 9.78 Å². The number of anilines is 1. The molecule has 2 fully saturated rings. The maximum Gasteiger partial charge on any atom is 0.504 e. The number of aryl methyl sites for hydroxylation is 1. The van der Waals surface area contributed by atoms with Crippen LogP contribution >= 0.6 is 0 Å². The van der Waals surface area contributed by atoms with Crippen molar-refractivity contribution in [1.29, 1.82) is 0 Å². The minimum Gasteiger partial charge on any atom is -0.481 e. The Kier molecular flexibility index (Phi) is 6.07. The molecule has 0 unspecified atom stereocenters. The fourth-order valence-electron chi connectivity index (χ4n) is 5.01. The second kappa shape index (κ2) is 9.00. The second-order valence-corrected chi connectivity index (χ2v) is 9.72. The number of carbonyl (C=O) groups is 1. The molecule has 1 aliphatic heterocycles. The Balaban J connectivity index is 1.30. The molecule has 1 saturated carbocycles. The summed E-state index contributed by atoms with van der Waals surface area (Å²) in [4.78, 5) is 23.5. The number of aromatic nitrogens is 4. The molecule has 3 aromatic rings. The highest BCUT2D eigenvalue weighted by Gasteiger charge is 2.56. The van der Waals surface area contributed by atoms with Crippen molar-refractivity contribution in [3.05, 3.63) is 53.9 Å². The van der Waals surface area contributed by atoms with Crippen LogP contribution in [0.4, 0.5) is 23.4 Å². The Hall–Kier alpha value is -3.70. The second-order valence-electron chi connectivity index (χ2n) is 9.72. The zero-order valence-electron chi connectivity index (χ0n) is 20.5. The van der Waals surface area contributed by atoms with Gasteiger partial charge in [-0.1, -0.05) is 0 Å². The van der Waals surface area contributed by atoms with E-state index in [1.807, 2.05) is 0 Å². The van der Waals surface area contributed by atoms with Gasteiger partial charge in [-0.15, -0.1) is 13.2 Å². The van der Waals surface area contributed by atoms with Crippen LogP contribution in [0.5, 0.6) is 5.88 Å². The van der Waals surface area contributed by atoms with Crippen LogP contribution < -0.4 is 10.1 Å². The highest BCUT2D eigenvalue weighted by Crippen LogP contribution is 2.54. The highest BCUT2D eigenvalue weighted by molar-refractivity contribution is 5.84. The molecule has 37 heavy (non-hydrogen) atoms. The molecule has 2 atom stereocenters. The summed E-state index contributed by atoms with van der Waals surface area (Å²) >= 11 is 0. The number of carbonyl (C=O) groups excluding carboxylic acids is 1. The number of halogens is 4. The monoisotopic (exact) mass is 518 g/mol. The van der Waals surface area contributed by atoms with E-state index < -0.39 is 18.0 Å². The number of methoxy groups -OCH3 is 1. The molecule has 1 aliphatic carbocycles. The fraction of sp³-hybridized carbons (Fsp3) is 0.440. The van der Waals surface area contributed by atoms with Crippen molar-refractivity contribution in [1.82, 2.24) is 24.6 Å².